The number of aromatic hydroxyl groups is 1. The molecule has 9 nitrogen and oxygen atoms in total. The van der Waals surface area contributed by atoms with Gasteiger partial charge in [-0.15, -0.1) is 0 Å². The molecule has 2 N–H and O–H groups in total. The summed E-state index contributed by atoms with van der Waals surface area (Å²) in [7, 11) is 3.32. The van der Waals surface area contributed by atoms with E-state index in [9.17, 15) is 28.3 Å². The first kappa shape index (κ1) is 24.5. The fourth-order valence-electron chi connectivity index (χ4n) is 3.97. The molecule has 0 aliphatic carbocycles. The number of carbonyl (C=O) groups excluding carboxylic acids is 2. The minimum absolute atomic E-state index is 0.0145. The predicted octanol–water partition coefficient (Wildman–Crippen LogP) is 1.23. The summed E-state index contributed by atoms with van der Waals surface area (Å²) in [6, 6.07) is 2.90. The van der Waals surface area contributed by atoms with Crippen LogP contribution in [-0.4, -0.2) is 67.4 Å². The molecule has 1 saturated heterocycles. The van der Waals surface area contributed by atoms with Crippen LogP contribution in [-0.2, 0) is 21.6 Å². The van der Waals surface area contributed by atoms with Gasteiger partial charge in [-0.05, 0) is 19.5 Å². The van der Waals surface area contributed by atoms with Gasteiger partial charge in [-0.2, -0.15) is 0 Å². The number of amides is 1. The van der Waals surface area contributed by atoms with E-state index < -0.39 is 39.8 Å². The highest BCUT2D eigenvalue weighted by atomic mass is 19.1. The van der Waals surface area contributed by atoms with Crippen LogP contribution in [0.25, 0.3) is 0 Å². The van der Waals surface area contributed by atoms with Gasteiger partial charge in [0.2, 0.25) is 5.43 Å². The first-order chi connectivity index (χ1) is 15.7. The van der Waals surface area contributed by atoms with Crippen LogP contribution < -0.4 is 10.7 Å². The van der Waals surface area contributed by atoms with Crippen LogP contribution in [0.4, 0.5) is 8.78 Å². The van der Waals surface area contributed by atoms with E-state index in [2.05, 4.69) is 5.32 Å². The molecule has 1 unspecified atom stereocenters. The molecular formula is C22H25F2N3O6. The normalized spacial score (nSPS) is 18.0. The number of ether oxygens (including phenoxy) is 2. The first-order valence-corrected chi connectivity index (χ1v) is 10.1. The van der Waals surface area contributed by atoms with Crippen molar-refractivity contribution in [3.05, 3.63) is 63.1 Å². The zero-order valence-corrected chi connectivity index (χ0v) is 18.3. The molecule has 1 aromatic carbocycles. The van der Waals surface area contributed by atoms with Crippen molar-refractivity contribution in [1.82, 2.24) is 14.8 Å². The maximum atomic E-state index is 13.9. The first-order valence-electron chi connectivity index (χ1n) is 10.1. The van der Waals surface area contributed by atoms with Gasteiger partial charge in [0.25, 0.3) is 5.91 Å². The van der Waals surface area contributed by atoms with Crippen LogP contribution in [0, 0.1) is 11.6 Å². The number of nitrogens with one attached hydrogen (secondary N) is 1. The molecule has 0 bridgehead atoms. The molecule has 1 aliphatic rings. The molecule has 178 valence electrons. The molecule has 1 amide bonds. The van der Waals surface area contributed by atoms with Crippen LogP contribution in [0.3, 0.4) is 0 Å². The van der Waals surface area contributed by atoms with Gasteiger partial charge < -0.3 is 24.5 Å². The molecule has 0 saturated carbocycles. The van der Waals surface area contributed by atoms with E-state index >= 15 is 0 Å². The molecule has 2 aromatic rings. The van der Waals surface area contributed by atoms with Crippen molar-refractivity contribution >= 4 is 12.2 Å². The lowest BCUT2D eigenvalue weighted by Gasteiger charge is -2.36. The van der Waals surface area contributed by atoms with Crippen LogP contribution in [0.5, 0.6) is 5.75 Å². The molecule has 33 heavy (non-hydrogen) atoms. The molecule has 2 heterocycles. The average molecular weight is 465 g/mol. The average Bonchev–Trinajstić information content (AvgIpc) is 3.24. The summed E-state index contributed by atoms with van der Waals surface area (Å²) in [4.78, 5) is 39.0. The van der Waals surface area contributed by atoms with E-state index in [1.54, 1.807) is 7.05 Å². The fraction of sp³-hybridized carbons (Fsp3) is 0.409. The number of likely N-dealkylation sites (N-methyl/N-ethyl adjacent to an activating group) is 1. The zero-order chi connectivity index (χ0) is 24.2. The minimum atomic E-state index is -1.04. The number of aldehydes is 1. The number of nitrogens with zero attached hydrogens (tertiary/aromatic N) is 2. The van der Waals surface area contributed by atoms with Crippen molar-refractivity contribution in [1.29, 1.82) is 0 Å². The number of aromatic nitrogens is 1. The van der Waals surface area contributed by atoms with Gasteiger partial charge in [0.15, 0.2) is 12.0 Å². The fourth-order valence-corrected chi connectivity index (χ4v) is 3.97. The molecule has 1 fully saturated rings. The molecule has 0 radical (unpaired) electrons. The summed E-state index contributed by atoms with van der Waals surface area (Å²) >= 11 is 0. The lowest BCUT2D eigenvalue weighted by molar-refractivity contribution is 0.0443. The van der Waals surface area contributed by atoms with Crippen LogP contribution >= 0.6 is 0 Å². The highest BCUT2D eigenvalue weighted by Crippen LogP contribution is 2.31. The Bertz CT molecular complexity index is 1100. The lowest BCUT2D eigenvalue weighted by atomic mass is 9.95. The summed E-state index contributed by atoms with van der Waals surface area (Å²) in [5, 5.41) is 12.9. The Labute approximate surface area is 188 Å². The quantitative estimate of drug-likeness (QED) is 0.423. The van der Waals surface area contributed by atoms with Gasteiger partial charge in [0.1, 0.15) is 22.9 Å². The molecule has 1 atom stereocenters. The Morgan fingerprint density at radius 2 is 2.18 bits per heavy atom. The number of pyridine rings is 1. The Morgan fingerprint density at radius 3 is 2.79 bits per heavy atom. The van der Waals surface area contributed by atoms with Gasteiger partial charge in [0, 0.05) is 44.6 Å². The number of carbonyl (C=O) groups is 2. The maximum Gasteiger partial charge on any atom is 0.257 e. The second-order valence-electron chi connectivity index (χ2n) is 7.97. The Hall–Kier alpha value is -3.15. The third-order valence-electron chi connectivity index (χ3n) is 5.54. The highest BCUT2D eigenvalue weighted by Gasteiger charge is 2.40. The standard InChI is InChI=1S/C22H25F2N3O6/c1-26(13-32-2)11-22(5-6-33-12-22)27-9-16(19(29)20(30)18(27)10-28)21(31)25-8-14-3-4-15(23)7-17(14)24/h3-4,7,9-10,30H,5-6,8,11-13H2,1-2H3,(H,25,31). The van der Waals surface area contributed by atoms with E-state index in [1.807, 2.05) is 4.90 Å². The SMILES string of the molecule is COCN(C)CC1(n2cc(C(=O)NCc3ccc(F)cc3F)c(=O)c(O)c2C=O)CCOC1. The number of rotatable bonds is 9. The third-order valence-corrected chi connectivity index (χ3v) is 5.54. The van der Waals surface area contributed by atoms with Crippen LogP contribution in [0.2, 0.25) is 0 Å². The van der Waals surface area contributed by atoms with Gasteiger partial charge in [-0.3, -0.25) is 19.3 Å². The minimum Gasteiger partial charge on any atom is -0.503 e. The second kappa shape index (κ2) is 10.2. The van der Waals surface area contributed by atoms with Crippen LogP contribution in [0.15, 0.2) is 29.2 Å². The van der Waals surface area contributed by atoms with Gasteiger partial charge in [-0.25, -0.2) is 8.78 Å². The largest absolute Gasteiger partial charge is 0.503 e. The van der Waals surface area contributed by atoms with Gasteiger partial charge >= 0.3 is 0 Å². The number of methoxy groups -OCH3 is 1. The van der Waals surface area contributed by atoms with Gasteiger partial charge in [-0.1, -0.05) is 6.07 Å². The topological polar surface area (TPSA) is 110 Å². The Balaban J connectivity index is 1.98. The highest BCUT2D eigenvalue weighted by molar-refractivity contribution is 5.95. The Kier molecular flexibility index (Phi) is 7.57. The van der Waals surface area contributed by atoms with Crippen molar-refractivity contribution in [2.45, 2.75) is 18.5 Å². The maximum absolute atomic E-state index is 13.9. The second-order valence-corrected chi connectivity index (χ2v) is 7.97. The number of halogens is 2. The monoisotopic (exact) mass is 465 g/mol. The van der Waals surface area contributed by atoms with E-state index in [4.69, 9.17) is 9.47 Å². The predicted molar refractivity (Wildman–Crippen MR) is 113 cm³/mol. The van der Waals surface area contributed by atoms with E-state index in [0.717, 1.165) is 6.07 Å². The summed E-state index contributed by atoms with van der Waals surface area (Å²) in [6.45, 7) is 0.849. The lowest BCUT2D eigenvalue weighted by Crippen LogP contribution is -2.47. The molecular weight excluding hydrogens is 440 g/mol. The zero-order valence-electron chi connectivity index (χ0n) is 18.3. The van der Waals surface area contributed by atoms with E-state index in [1.165, 1.54) is 23.9 Å². The summed E-state index contributed by atoms with van der Waals surface area (Å²) < 4.78 is 39.1. The van der Waals surface area contributed by atoms with E-state index in [-0.39, 0.29) is 31.1 Å². The summed E-state index contributed by atoms with van der Waals surface area (Å²) in [5.41, 5.74) is -2.59. The van der Waals surface area contributed by atoms with Crippen molar-refractivity contribution in [2.75, 3.05) is 40.6 Å². The number of hydrogen-bond donors (Lipinski definition) is 2. The Morgan fingerprint density at radius 1 is 1.42 bits per heavy atom. The summed E-state index contributed by atoms with van der Waals surface area (Å²) in [5.74, 6) is -3.37. The third kappa shape index (κ3) is 5.10. The van der Waals surface area contributed by atoms with Crippen LogP contribution in [0.1, 0.15) is 32.8 Å². The van der Waals surface area contributed by atoms with E-state index in [0.29, 0.717) is 31.9 Å². The van der Waals surface area contributed by atoms with Crippen molar-refractivity contribution in [3.63, 3.8) is 0 Å². The van der Waals surface area contributed by atoms with Crippen molar-refractivity contribution in [2.24, 2.45) is 0 Å². The molecule has 11 heteroatoms. The molecule has 1 aliphatic heterocycles. The van der Waals surface area contributed by atoms with Crippen molar-refractivity contribution < 1.29 is 33.0 Å². The smallest absolute Gasteiger partial charge is 0.257 e. The molecule has 1 aromatic heterocycles. The molecule has 0 spiro atoms. The summed E-state index contributed by atoms with van der Waals surface area (Å²) in [6.07, 6.45) is 2.01. The van der Waals surface area contributed by atoms with Crippen molar-refractivity contribution in [3.8, 4) is 5.75 Å². The number of hydrogen-bond acceptors (Lipinski definition) is 7. The van der Waals surface area contributed by atoms with Gasteiger partial charge in [0.05, 0.1) is 18.9 Å². The molecule has 3 rings (SSSR count). The number of benzene rings is 1.